The maximum absolute atomic E-state index is 11.7. The lowest BCUT2D eigenvalue weighted by Gasteiger charge is -2.08. The van der Waals surface area contributed by atoms with Crippen molar-refractivity contribution >= 4 is 5.91 Å². The van der Waals surface area contributed by atoms with E-state index in [0.717, 1.165) is 5.56 Å². The van der Waals surface area contributed by atoms with Gasteiger partial charge in [0, 0.05) is 7.05 Å². The Bertz CT molecular complexity index is 607. The zero-order valence-corrected chi connectivity index (χ0v) is 11.9. The molecule has 0 aliphatic heterocycles. The molecule has 0 saturated carbocycles. The number of nitrogens with zero attached hydrogens (tertiary/aromatic N) is 3. The quantitative estimate of drug-likeness (QED) is 0.887. The van der Waals surface area contributed by atoms with E-state index in [1.165, 1.54) is 5.56 Å². The predicted molar refractivity (Wildman–Crippen MR) is 74.3 cm³/mol. The van der Waals surface area contributed by atoms with Gasteiger partial charge in [0.2, 0.25) is 0 Å². The second-order valence-corrected chi connectivity index (χ2v) is 4.67. The predicted octanol–water partition coefficient (Wildman–Crippen LogP) is 1.13. The van der Waals surface area contributed by atoms with Gasteiger partial charge in [-0.3, -0.25) is 4.79 Å². The van der Waals surface area contributed by atoms with Gasteiger partial charge < -0.3 is 14.6 Å². The lowest BCUT2D eigenvalue weighted by molar-refractivity contribution is -0.123. The van der Waals surface area contributed by atoms with Crippen molar-refractivity contribution in [2.24, 2.45) is 7.05 Å². The van der Waals surface area contributed by atoms with Crippen LogP contribution in [0.15, 0.2) is 24.5 Å². The lowest BCUT2D eigenvalue weighted by Crippen LogP contribution is -2.29. The van der Waals surface area contributed by atoms with Crippen LogP contribution in [0.4, 0.5) is 0 Å². The Balaban J connectivity index is 1.80. The first kappa shape index (κ1) is 14.0. The van der Waals surface area contributed by atoms with E-state index in [1.54, 1.807) is 10.9 Å². The van der Waals surface area contributed by atoms with Crippen LogP contribution in [-0.2, 0) is 18.4 Å². The summed E-state index contributed by atoms with van der Waals surface area (Å²) in [6, 6.07) is 5.76. The summed E-state index contributed by atoms with van der Waals surface area (Å²) < 4.78 is 7.20. The highest BCUT2D eigenvalue weighted by molar-refractivity contribution is 5.77. The normalized spacial score (nSPS) is 10.3. The minimum atomic E-state index is -0.189. The van der Waals surface area contributed by atoms with E-state index < -0.39 is 0 Å². The second kappa shape index (κ2) is 6.18. The van der Waals surface area contributed by atoms with Crippen LogP contribution >= 0.6 is 0 Å². The van der Waals surface area contributed by atoms with Crippen LogP contribution in [0.3, 0.4) is 0 Å². The third-order valence-corrected chi connectivity index (χ3v) is 3.10. The largest absolute Gasteiger partial charge is 0.484 e. The van der Waals surface area contributed by atoms with Crippen LogP contribution in [0.1, 0.15) is 17.0 Å². The number of rotatable bonds is 5. The van der Waals surface area contributed by atoms with Gasteiger partial charge in [-0.2, -0.15) is 0 Å². The molecule has 20 heavy (non-hydrogen) atoms. The van der Waals surface area contributed by atoms with Gasteiger partial charge in [-0.25, -0.2) is 0 Å². The zero-order valence-electron chi connectivity index (χ0n) is 11.9. The maximum atomic E-state index is 11.7. The molecular formula is C14H18N4O2. The van der Waals surface area contributed by atoms with E-state index >= 15 is 0 Å². The molecule has 0 unspecified atom stereocenters. The molecule has 0 aliphatic rings. The Labute approximate surface area is 117 Å². The molecule has 0 saturated heterocycles. The number of nitrogens with one attached hydrogen (secondary N) is 1. The van der Waals surface area contributed by atoms with Crippen molar-refractivity contribution in [3.8, 4) is 5.75 Å². The number of carbonyl (C=O) groups is 1. The monoisotopic (exact) mass is 274 g/mol. The lowest BCUT2D eigenvalue weighted by atomic mass is 10.1. The average molecular weight is 274 g/mol. The van der Waals surface area contributed by atoms with Gasteiger partial charge in [-0.05, 0) is 37.1 Å². The van der Waals surface area contributed by atoms with Gasteiger partial charge in [0.05, 0.1) is 6.54 Å². The number of carbonyl (C=O) groups excluding carboxylic acids is 1. The highest BCUT2D eigenvalue weighted by atomic mass is 16.5. The molecule has 1 heterocycles. The van der Waals surface area contributed by atoms with Crippen molar-refractivity contribution < 1.29 is 9.53 Å². The number of benzene rings is 1. The van der Waals surface area contributed by atoms with Crippen molar-refractivity contribution in [2.45, 2.75) is 20.4 Å². The van der Waals surface area contributed by atoms with Crippen molar-refractivity contribution in [1.82, 2.24) is 20.1 Å². The summed E-state index contributed by atoms with van der Waals surface area (Å²) in [6.07, 6.45) is 1.59. The first-order valence-corrected chi connectivity index (χ1v) is 6.36. The fourth-order valence-corrected chi connectivity index (χ4v) is 1.65. The van der Waals surface area contributed by atoms with E-state index in [2.05, 4.69) is 15.5 Å². The van der Waals surface area contributed by atoms with Crippen LogP contribution in [0, 0.1) is 13.8 Å². The molecule has 0 fully saturated rings. The number of aryl methyl sites for hydroxylation is 3. The molecule has 1 aromatic carbocycles. The fraction of sp³-hybridized carbons (Fsp3) is 0.357. The Kier molecular flexibility index (Phi) is 4.34. The molecule has 0 atom stereocenters. The number of ether oxygens (including phenoxy) is 1. The summed E-state index contributed by atoms with van der Waals surface area (Å²) >= 11 is 0. The molecule has 1 N–H and O–H groups in total. The Morgan fingerprint density at radius 1 is 1.35 bits per heavy atom. The van der Waals surface area contributed by atoms with Crippen LogP contribution in [0.25, 0.3) is 0 Å². The molecular weight excluding hydrogens is 256 g/mol. The van der Waals surface area contributed by atoms with E-state index in [0.29, 0.717) is 18.1 Å². The van der Waals surface area contributed by atoms with Crippen LogP contribution in [0.5, 0.6) is 5.75 Å². The number of amides is 1. The minimum Gasteiger partial charge on any atom is -0.484 e. The average Bonchev–Trinajstić information content (AvgIpc) is 2.83. The van der Waals surface area contributed by atoms with E-state index in [1.807, 2.05) is 39.1 Å². The molecule has 6 nitrogen and oxygen atoms in total. The molecule has 0 bridgehead atoms. The first-order chi connectivity index (χ1) is 9.56. The maximum Gasteiger partial charge on any atom is 0.258 e. The molecule has 2 rings (SSSR count). The standard InChI is InChI=1S/C14H18N4O2/c1-10-4-5-12(6-11(10)2)20-8-14(19)15-7-13-17-16-9-18(13)3/h4-6,9H,7-8H2,1-3H3,(H,15,19). The molecule has 6 heteroatoms. The van der Waals surface area contributed by atoms with Gasteiger partial charge in [-0.15, -0.1) is 10.2 Å². The number of hydrogen-bond acceptors (Lipinski definition) is 4. The summed E-state index contributed by atoms with van der Waals surface area (Å²) in [6.45, 7) is 4.37. The third kappa shape index (κ3) is 3.57. The highest BCUT2D eigenvalue weighted by Crippen LogP contribution is 2.16. The summed E-state index contributed by atoms with van der Waals surface area (Å²) in [5, 5.41) is 10.4. The van der Waals surface area contributed by atoms with Crippen molar-refractivity contribution in [3.05, 3.63) is 41.5 Å². The van der Waals surface area contributed by atoms with Gasteiger partial charge in [-0.1, -0.05) is 6.07 Å². The van der Waals surface area contributed by atoms with Gasteiger partial charge in [0.1, 0.15) is 12.1 Å². The fourth-order valence-electron chi connectivity index (χ4n) is 1.65. The number of aromatic nitrogens is 3. The van der Waals surface area contributed by atoms with E-state index in [9.17, 15) is 4.79 Å². The summed E-state index contributed by atoms with van der Waals surface area (Å²) in [4.78, 5) is 11.7. The first-order valence-electron chi connectivity index (χ1n) is 6.36. The van der Waals surface area contributed by atoms with Crippen LogP contribution in [-0.4, -0.2) is 27.3 Å². The highest BCUT2D eigenvalue weighted by Gasteiger charge is 2.06. The van der Waals surface area contributed by atoms with E-state index in [-0.39, 0.29) is 12.5 Å². The molecule has 0 spiro atoms. The number of hydrogen-bond donors (Lipinski definition) is 1. The van der Waals surface area contributed by atoms with Gasteiger partial charge in [0.25, 0.3) is 5.91 Å². The van der Waals surface area contributed by atoms with E-state index in [4.69, 9.17) is 4.74 Å². The third-order valence-electron chi connectivity index (χ3n) is 3.10. The Morgan fingerprint density at radius 2 is 2.15 bits per heavy atom. The summed E-state index contributed by atoms with van der Waals surface area (Å²) in [5.74, 6) is 1.21. The van der Waals surface area contributed by atoms with Crippen molar-refractivity contribution in [2.75, 3.05) is 6.61 Å². The van der Waals surface area contributed by atoms with Crippen LogP contribution < -0.4 is 10.1 Å². The zero-order chi connectivity index (χ0) is 14.5. The molecule has 2 aromatic rings. The summed E-state index contributed by atoms with van der Waals surface area (Å²) in [5.41, 5.74) is 2.34. The van der Waals surface area contributed by atoms with Crippen molar-refractivity contribution in [3.63, 3.8) is 0 Å². The molecule has 1 aromatic heterocycles. The van der Waals surface area contributed by atoms with Gasteiger partial charge >= 0.3 is 0 Å². The van der Waals surface area contributed by atoms with Gasteiger partial charge in [0.15, 0.2) is 12.4 Å². The van der Waals surface area contributed by atoms with Crippen LogP contribution in [0.2, 0.25) is 0 Å². The SMILES string of the molecule is Cc1ccc(OCC(=O)NCc2nncn2C)cc1C. The molecule has 1 amide bonds. The minimum absolute atomic E-state index is 0.0135. The molecule has 0 aliphatic carbocycles. The second-order valence-electron chi connectivity index (χ2n) is 4.67. The molecule has 0 radical (unpaired) electrons. The summed E-state index contributed by atoms with van der Waals surface area (Å²) in [7, 11) is 1.83. The molecule has 106 valence electrons. The van der Waals surface area contributed by atoms with Crippen molar-refractivity contribution in [1.29, 1.82) is 0 Å². The topological polar surface area (TPSA) is 69.0 Å². The Hall–Kier alpha value is -2.37. The smallest absolute Gasteiger partial charge is 0.258 e. The Morgan fingerprint density at radius 3 is 2.80 bits per heavy atom.